The van der Waals surface area contributed by atoms with Crippen LogP contribution in [0.1, 0.15) is 42.0 Å². The highest BCUT2D eigenvalue weighted by molar-refractivity contribution is 5.83. The van der Waals surface area contributed by atoms with Gasteiger partial charge in [-0.1, -0.05) is 38.1 Å². The molecule has 0 radical (unpaired) electrons. The molecular weight excluding hydrogens is 496 g/mol. The van der Waals surface area contributed by atoms with Crippen molar-refractivity contribution in [1.29, 1.82) is 0 Å². The molecule has 0 amide bonds. The fourth-order valence-electron chi connectivity index (χ4n) is 3.78. The molecule has 0 spiro atoms. The van der Waals surface area contributed by atoms with Gasteiger partial charge < -0.3 is 18.9 Å². The van der Waals surface area contributed by atoms with Gasteiger partial charge in [-0.3, -0.25) is 0 Å². The molecule has 0 aliphatic rings. The van der Waals surface area contributed by atoms with Crippen LogP contribution in [0.15, 0.2) is 54.6 Å². The summed E-state index contributed by atoms with van der Waals surface area (Å²) < 4.78 is 72.9. The fourth-order valence-corrected chi connectivity index (χ4v) is 3.78. The van der Waals surface area contributed by atoms with Crippen LogP contribution in [0.5, 0.6) is 11.5 Å². The van der Waals surface area contributed by atoms with Crippen molar-refractivity contribution in [2.45, 2.75) is 32.4 Å². The van der Waals surface area contributed by atoms with Crippen molar-refractivity contribution in [3.8, 4) is 22.6 Å². The highest BCUT2D eigenvalue weighted by Crippen LogP contribution is 2.46. The Morgan fingerprint density at radius 3 is 1.95 bits per heavy atom. The van der Waals surface area contributed by atoms with Gasteiger partial charge in [0, 0.05) is 5.56 Å². The molecule has 3 rings (SSSR count). The Kier molecular flexibility index (Phi) is 8.42. The maximum atomic E-state index is 13.8. The van der Waals surface area contributed by atoms with E-state index in [0.717, 1.165) is 26.4 Å². The molecule has 0 aliphatic carbocycles. The predicted molar refractivity (Wildman–Crippen MR) is 126 cm³/mol. The maximum absolute atomic E-state index is 13.8. The zero-order chi connectivity index (χ0) is 27.3. The van der Waals surface area contributed by atoms with Crippen LogP contribution in [0.2, 0.25) is 0 Å². The predicted octanol–water partition coefficient (Wildman–Crippen LogP) is 7.52. The molecule has 6 nitrogen and oxygen atoms in total. The van der Waals surface area contributed by atoms with Gasteiger partial charge in [0.2, 0.25) is 0 Å². The van der Waals surface area contributed by atoms with Gasteiger partial charge in [0.05, 0.1) is 19.8 Å². The summed E-state index contributed by atoms with van der Waals surface area (Å²) in [6, 6.07) is 11.4. The molecule has 196 valence electrons. The number of hydrogen-bond acceptors (Lipinski definition) is 6. The van der Waals surface area contributed by atoms with E-state index < -0.39 is 29.9 Å². The third-order valence-electron chi connectivity index (χ3n) is 5.52. The van der Waals surface area contributed by atoms with Crippen molar-refractivity contribution in [2.24, 2.45) is 0 Å². The van der Waals surface area contributed by atoms with E-state index in [9.17, 15) is 27.2 Å². The molecule has 3 aromatic rings. The number of halogens is 4. The number of methoxy groups -OCH3 is 2. The minimum Gasteiger partial charge on any atom is -0.437 e. The highest BCUT2D eigenvalue weighted by atomic mass is 19.4. The summed E-state index contributed by atoms with van der Waals surface area (Å²) in [5.41, 5.74) is 1.63. The van der Waals surface area contributed by atoms with Crippen LogP contribution in [-0.2, 0) is 22.1 Å². The summed E-state index contributed by atoms with van der Waals surface area (Å²) in [4.78, 5) is 24.2. The maximum Gasteiger partial charge on any atom is 0.513 e. The summed E-state index contributed by atoms with van der Waals surface area (Å²) >= 11 is 0. The zero-order valence-electron chi connectivity index (χ0n) is 20.4. The molecular formula is C27H24F4O6. The first-order valence-corrected chi connectivity index (χ1v) is 11.1. The van der Waals surface area contributed by atoms with E-state index in [0.29, 0.717) is 22.3 Å². The molecule has 0 atom stereocenters. The molecule has 0 aliphatic heterocycles. The first-order valence-electron chi connectivity index (χ1n) is 11.1. The third kappa shape index (κ3) is 6.58. The zero-order valence-corrected chi connectivity index (χ0v) is 20.4. The Labute approximate surface area is 210 Å². The molecule has 0 bridgehead atoms. The Bertz CT molecular complexity index is 1270. The van der Waals surface area contributed by atoms with Crippen LogP contribution in [0, 0.1) is 5.82 Å². The lowest BCUT2D eigenvalue weighted by molar-refractivity contribution is -0.137. The molecule has 37 heavy (non-hydrogen) atoms. The van der Waals surface area contributed by atoms with Crippen molar-refractivity contribution in [1.82, 2.24) is 0 Å². The third-order valence-corrected chi connectivity index (χ3v) is 5.52. The van der Waals surface area contributed by atoms with E-state index in [1.54, 1.807) is 0 Å². The largest absolute Gasteiger partial charge is 0.513 e. The van der Waals surface area contributed by atoms with E-state index in [1.807, 2.05) is 13.8 Å². The molecule has 10 heteroatoms. The molecule has 0 N–H and O–H groups in total. The summed E-state index contributed by atoms with van der Waals surface area (Å²) in [6.07, 6.45) is -6.57. The molecule has 3 aromatic carbocycles. The van der Waals surface area contributed by atoms with Gasteiger partial charge in [-0.05, 0) is 64.9 Å². The average Bonchev–Trinajstić information content (AvgIpc) is 2.85. The van der Waals surface area contributed by atoms with Gasteiger partial charge in [-0.25, -0.2) is 14.0 Å². The van der Waals surface area contributed by atoms with Crippen LogP contribution in [0.25, 0.3) is 11.1 Å². The number of rotatable bonds is 6. The minimum atomic E-state index is -4.49. The molecule has 0 heterocycles. The first-order chi connectivity index (χ1) is 17.4. The lowest BCUT2D eigenvalue weighted by Gasteiger charge is -2.23. The van der Waals surface area contributed by atoms with E-state index in [4.69, 9.17) is 9.47 Å². The van der Waals surface area contributed by atoms with E-state index in [2.05, 4.69) is 9.47 Å². The summed E-state index contributed by atoms with van der Waals surface area (Å²) in [6.45, 7) is 3.73. The minimum absolute atomic E-state index is 0.119. The Hall–Kier alpha value is -4.08. The Morgan fingerprint density at radius 2 is 1.43 bits per heavy atom. The van der Waals surface area contributed by atoms with Crippen molar-refractivity contribution in [3.05, 3.63) is 82.7 Å². The standard InChI is InChI=1S/C27H24F4O6/c1-15(2)20-14-22(36-25(32)34-3)24(37-26(33)35-4)23(17-7-11-19(28)12-8-17)21(20)13-16-5-9-18(10-6-16)27(29,30)31/h5-12,14-15H,13H2,1-4H3. The smallest absolute Gasteiger partial charge is 0.437 e. The SMILES string of the molecule is COC(=O)Oc1cc(C(C)C)c(Cc2ccc(C(F)(F)F)cc2)c(-c2ccc(F)cc2)c1OC(=O)OC. The van der Waals surface area contributed by atoms with Gasteiger partial charge in [0.15, 0.2) is 11.5 Å². The second-order valence-electron chi connectivity index (χ2n) is 8.29. The lowest BCUT2D eigenvalue weighted by Crippen LogP contribution is -2.15. The van der Waals surface area contributed by atoms with Gasteiger partial charge in [0.25, 0.3) is 0 Å². The van der Waals surface area contributed by atoms with Crippen LogP contribution in [-0.4, -0.2) is 26.5 Å². The van der Waals surface area contributed by atoms with E-state index in [-0.39, 0.29) is 29.4 Å². The Morgan fingerprint density at radius 1 is 0.865 bits per heavy atom. The topological polar surface area (TPSA) is 71.1 Å². The molecule has 0 saturated heterocycles. The van der Waals surface area contributed by atoms with Gasteiger partial charge in [0.1, 0.15) is 5.82 Å². The normalized spacial score (nSPS) is 11.3. The Balaban J connectivity index is 2.32. The molecule has 0 fully saturated rings. The fraction of sp³-hybridized carbons (Fsp3) is 0.259. The van der Waals surface area contributed by atoms with Crippen molar-refractivity contribution in [3.63, 3.8) is 0 Å². The quantitative estimate of drug-likeness (QED) is 0.190. The average molecular weight is 520 g/mol. The number of alkyl halides is 3. The van der Waals surface area contributed by atoms with Gasteiger partial charge >= 0.3 is 18.5 Å². The van der Waals surface area contributed by atoms with Crippen molar-refractivity contribution in [2.75, 3.05) is 14.2 Å². The van der Waals surface area contributed by atoms with Gasteiger partial charge in [-0.15, -0.1) is 0 Å². The van der Waals surface area contributed by atoms with Gasteiger partial charge in [-0.2, -0.15) is 13.2 Å². The number of hydrogen-bond donors (Lipinski definition) is 0. The van der Waals surface area contributed by atoms with Crippen molar-refractivity contribution >= 4 is 12.3 Å². The first kappa shape index (κ1) is 27.5. The van der Waals surface area contributed by atoms with Crippen LogP contribution in [0.3, 0.4) is 0 Å². The van der Waals surface area contributed by atoms with E-state index in [1.165, 1.54) is 42.5 Å². The lowest BCUT2D eigenvalue weighted by atomic mass is 9.85. The second-order valence-corrected chi connectivity index (χ2v) is 8.29. The number of carbonyl (C=O) groups excluding carboxylic acids is 2. The summed E-state index contributed by atoms with van der Waals surface area (Å²) in [7, 11) is 2.19. The monoisotopic (exact) mass is 520 g/mol. The summed E-state index contributed by atoms with van der Waals surface area (Å²) in [5, 5.41) is 0. The second kappa shape index (κ2) is 11.3. The molecule has 0 unspecified atom stereocenters. The van der Waals surface area contributed by atoms with Crippen molar-refractivity contribution < 1.29 is 46.1 Å². The molecule has 0 saturated carbocycles. The van der Waals surface area contributed by atoms with E-state index >= 15 is 0 Å². The number of carbonyl (C=O) groups is 2. The summed E-state index contributed by atoms with van der Waals surface area (Å²) in [5.74, 6) is -1.04. The van der Waals surface area contributed by atoms with Crippen LogP contribution < -0.4 is 9.47 Å². The highest BCUT2D eigenvalue weighted by Gasteiger charge is 2.30. The number of ether oxygens (including phenoxy) is 4. The van der Waals surface area contributed by atoms with Crippen LogP contribution >= 0.6 is 0 Å². The molecule has 0 aromatic heterocycles. The number of benzene rings is 3. The van der Waals surface area contributed by atoms with Crippen LogP contribution in [0.4, 0.5) is 27.2 Å².